The van der Waals surface area contributed by atoms with Crippen LogP contribution in [-0.4, -0.2) is 48.1 Å². The van der Waals surface area contributed by atoms with Crippen molar-refractivity contribution >= 4 is 45.7 Å². The SMILES string of the molecule is Cc1sc2ncnc(N3CCC(C(=O)NC4CCNCC4C)CC3)c2c1C.Cl. The standard InChI is InChI=1S/C20H29N5OS.ClH/c1-12-10-21-7-4-16(12)24-19(26)15-5-8-25(9-6-15)18-17-13(2)14(3)27-20(17)23-11-22-18;/h11-12,15-16,21H,4-10H2,1-3H3,(H,24,26);1H. The Morgan fingerprint density at radius 2 is 2.00 bits per heavy atom. The van der Waals surface area contributed by atoms with Gasteiger partial charge in [-0.2, -0.15) is 0 Å². The molecule has 4 rings (SSSR count). The lowest BCUT2D eigenvalue weighted by atomic mass is 9.92. The molecular weight excluding hydrogens is 394 g/mol. The van der Waals surface area contributed by atoms with Crippen molar-refractivity contribution in [2.75, 3.05) is 31.1 Å². The predicted molar refractivity (Wildman–Crippen MR) is 118 cm³/mol. The van der Waals surface area contributed by atoms with Crippen molar-refractivity contribution in [2.45, 2.75) is 46.1 Å². The van der Waals surface area contributed by atoms with Gasteiger partial charge in [0.1, 0.15) is 17.0 Å². The van der Waals surface area contributed by atoms with Crippen molar-refractivity contribution in [3.63, 3.8) is 0 Å². The Kier molecular flexibility index (Phi) is 6.78. The van der Waals surface area contributed by atoms with Crippen LogP contribution in [-0.2, 0) is 4.79 Å². The summed E-state index contributed by atoms with van der Waals surface area (Å²) in [4.78, 5) is 26.5. The number of carbonyl (C=O) groups is 1. The summed E-state index contributed by atoms with van der Waals surface area (Å²) in [7, 11) is 0. The number of aromatic nitrogens is 2. The van der Waals surface area contributed by atoms with E-state index in [-0.39, 0.29) is 24.2 Å². The molecule has 2 fully saturated rings. The number of nitrogens with one attached hydrogen (secondary N) is 2. The molecule has 2 aromatic heterocycles. The molecule has 2 aromatic rings. The summed E-state index contributed by atoms with van der Waals surface area (Å²) in [5.74, 6) is 1.89. The number of carbonyl (C=O) groups excluding carboxylic acids is 1. The van der Waals surface area contributed by atoms with Gasteiger partial charge >= 0.3 is 0 Å². The molecule has 0 spiro atoms. The second-order valence-corrected chi connectivity index (χ2v) is 9.21. The number of amides is 1. The van der Waals surface area contributed by atoms with Crippen LogP contribution in [0.3, 0.4) is 0 Å². The molecule has 6 nitrogen and oxygen atoms in total. The topological polar surface area (TPSA) is 70.2 Å². The van der Waals surface area contributed by atoms with Crippen LogP contribution in [0, 0.1) is 25.7 Å². The zero-order chi connectivity index (χ0) is 19.0. The van der Waals surface area contributed by atoms with E-state index >= 15 is 0 Å². The van der Waals surface area contributed by atoms with Crippen LogP contribution >= 0.6 is 23.7 Å². The van der Waals surface area contributed by atoms with E-state index in [1.807, 2.05) is 0 Å². The Morgan fingerprint density at radius 1 is 1.25 bits per heavy atom. The molecule has 1 amide bonds. The van der Waals surface area contributed by atoms with Crippen LogP contribution in [0.5, 0.6) is 0 Å². The minimum Gasteiger partial charge on any atom is -0.356 e. The van der Waals surface area contributed by atoms with E-state index < -0.39 is 0 Å². The number of anilines is 1. The van der Waals surface area contributed by atoms with Crippen molar-refractivity contribution in [2.24, 2.45) is 11.8 Å². The highest BCUT2D eigenvalue weighted by molar-refractivity contribution is 7.18. The molecule has 2 aliphatic heterocycles. The number of fused-ring (bicyclic) bond motifs is 1. The van der Waals surface area contributed by atoms with E-state index in [9.17, 15) is 4.79 Å². The molecule has 8 heteroatoms. The van der Waals surface area contributed by atoms with Gasteiger partial charge in [0, 0.05) is 29.9 Å². The molecule has 0 aromatic carbocycles. The second-order valence-electron chi connectivity index (χ2n) is 8.01. The van der Waals surface area contributed by atoms with E-state index in [4.69, 9.17) is 0 Å². The normalized spacial score (nSPS) is 23.5. The fourth-order valence-electron chi connectivity index (χ4n) is 4.29. The number of piperidine rings is 2. The summed E-state index contributed by atoms with van der Waals surface area (Å²) in [6, 6.07) is 0.315. The first-order valence-electron chi connectivity index (χ1n) is 10.0. The quantitative estimate of drug-likeness (QED) is 0.793. The largest absolute Gasteiger partial charge is 0.356 e. The van der Waals surface area contributed by atoms with Crippen LogP contribution in [0.4, 0.5) is 5.82 Å². The van der Waals surface area contributed by atoms with Gasteiger partial charge in [-0.25, -0.2) is 9.97 Å². The number of hydrogen-bond donors (Lipinski definition) is 2. The number of hydrogen-bond acceptors (Lipinski definition) is 6. The molecule has 2 N–H and O–H groups in total. The zero-order valence-corrected chi connectivity index (χ0v) is 18.5. The minimum atomic E-state index is 0. The van der Waals surface area contributed by atoms with Crippen LogP contribution in [0.2, 0.25) is 0 Å². The van der Waals surface area contributed by atoms with Crippen LogP contribution in [0.1, 0.15) is 36.6 Å². The molecule has 0 bridgehead atoms. The number of nitrogens with zero attached hydrogens (tertiary/aromatic N) is 3. The van der Waals surface area contributed by atoms with Crippen molar-refractivity contribution in [3.8, 4) is 0 Å². The molecule has 28 heavy (non-hydrogen) atoms. The fourth-order valence-corrected chi connectivity index (χ4v) is 5.28. The maximum Gasteiger partial charge on any atom is 0.223 e. The van der Waals surface area contributed by atoms with Crippen molar-refractivity contribution in [3.05, 3.63) is 16.8 Å². The first-order chi connectivity index (χ1) is 13.0. The smallest absolute Gasteiger partial charge is 0.223 e. The number of halogens is 1. The minimum absolute atomic E-state index is 0. The molecular formula is C20H30ClN5OS. The summed E-state index contributed by atoms with van der Waals surface area (Å²) in [6.07, 6.45) is 4.48. The van der Waals surface area contributed by atoms with Gasteiger partial charge < -0.3 is 15.5 Å². The summed E-state index contributed by atoms with van der Waals surface area (Å²) >= 11 is 1.73. The van der Waals surface area contributed by atoms with Crippen LogP contribution in [0.15, 0.2) is 6.33 Å². The Balaban J connectivity index is 0.00000225. The maximum atomic E-state index is 12.8. The van der Waals surface area contributed by atoms with Gasteiger partial charge in [0.25, 0.3) is 0 Å². The summed E-state index contributed by atoms with van der Waals surface area (Å²) in [6.45, 7) is 10.3. The third kappa shape index (κ3) is 4.11. The molecule has 2 aliphatic rings. The lowest BCUT2D eigenvalue weighted by molar-refractivity contribution is -0.126. The van der Waals surface area contributed by atoms with Crippen molar-refractivity contribution in [1.29, 1.82) is 0 Å². The van der Waals surface area contributed by atoms with Crippen molar-refractivity contribution in [1.82, 2.24) is 20.6 Å². The lowest BCUT2D eigenvalue weighted by Crippen LogP contribution is -2.51. The summed E-state index contributed by atoms with van der Waals surface area (Å²) in [5, 5.41) is 7.89. The first-order valence-corrected chi connectivity index (χ1v) is 10.8. The molecule has 2 atom stereocenters. The molecule has 2 unspecified atom stereocenters. The summed E-state index contributed by atoms with van der Waals surface area (Å²) in [5.41, 5.74) is 1.28. The average molecular weight is 424 g/mol. The monoisotopic (exact) mass is 423 g/mol. The van der Waals surface area contributed by atoms with Crippen LogP contribution < -0.4 is 15.5 Å². The highest BCUT2D eigenvalue weighted by Gasteiger charge is 2.30. The third-order valence-electron chi connectivity index (χ3n) is 6.22. The zero-order valence-electron chi connectivity index (χ0n) is 16.8. The highest BCUT2D eigenvalue weighted by Crippen LogP contribution is 2.35. The van der Waals surface area contributed by atoms with Crippen LogP contribution in [0.25, 0.3) is 10.2 Å². The Morgan fingerprint density at radius 3 is 2.71 bits per heavy atom. The van der Waals surface area contributed by atoms with Gasteiger partial charge in [0.15, 0.2) is 0 Å². The highest BCUT2D eigenvalue weighted by atomic mass is 35.5. The van der Waals surface area contributed by atoms with E-state index in [0.717, 1.165) is 56.1 Å². The molecule has 0 radical (unpaired) electrons. The van der Waals surface area contributed by atoms with Gasteiger partial charge in [-0.3, -0.25) is 4.79 Å². The molecule has 0 saturated carbocycles. The van der Waals surface area contributed by atoms with E-state index in [2.05, 4.69) is 46.3 Å². The van der Waals surface area contributed by atoms with E-state index in [0.29, 0.717) is 12.0 Å². The Labute approximate surface area is 176 Å². The Hall–Kier alpha value is -1.44. The van der Waals surface area contributed by atoms with Gasteiger partial charge in [-0.1, -0.05) is 6.92 Å². The Bertz CT molecular complexity index is 833. The van der Waals surface area contributed by atoms with Crippen molar-refractivity contribution < 1.29 is 4.79 Å². The second kappa shape index (κ2) is 8.93. The first kappa shape index (κ1) is 21.3. The predicted octanol–water partition coefficient (Wildman–Crippen LogP) is 3.06. The molecule has 2 saturated heterocycles. The van der Waals surface area contributed by atoms with Gasteiger partial charge in [0.05, 0.1) is 5.39 Å². The number of aryl methyl sites for hydroxylation is 2. The van der Waals surface area contributed by atoms with E-state index in [1.165, 1.54) is 15.8 Å². The molecule has 154 valence electrons. The van der Waals surface area contributed by atoms with Gasteiger partial charge in [-0.05, 0) is 57.7 Å². The molecule has 4 heterocycles. The maximum absolute atomic E-state index is 12.8. The average Bonchev–Trinajstić information content (AvgIpc) is 2.98. The third-order valence-corrected chi connectivity index (χ3v) is 7.34. The fraction of sp³-hybridized carbons (Fsp3) is 0.650. The van der Waals surface area contributed by atoms with Gasteiger partial charge in [0.2, 0.25) is 5.91 Å². The number of thiophene rings is 1. The number of rotatable bonds is 3. The van der Waals surface area contributed by atoms with E-state index in [1.54, 1.807) is 17.7 Å². The summed E-state index contributed by atoms with van der Waals surface area (Å²) < 4.78 is 0. The van der Waals surface area contributed by atoms with Gasteiger partial charge in [-0.15, -0.1) is 23.7 Å². The molecule has 0 aliphatic carbocycles. The lowest BCUT2D eigenvalue weighted by Gasteiger charge is -2.35.